The highest BCUT2D eigenvalue weighted by atomic mass is 16.5. The molecule has 1 fully saturated rings. The van der Waals surface area contributed by atoms with Crippen molar-refractivity contribution in [1.82, 2.24) is 29.7 Å². The molecule has 10 heteroatoms. The van der Waals surface area contributed by atoms with Crippen molar-refractivity contribution in [3.63, 3.8) is 0 Å². The summed E-state index contributed by atoms with van der Waals surface area (Å²) in [5.41, 5.74) is -0.889. The predicted octanol–water partition coefficient (Wildman–Crippen LogP) is -0.943. The van der Waals surface area contributed by atoms with Crippen LogP contribution in [-0.2, 0) is 4.74 Å². The SMILES string of the molecule is CNc1nc(NCC2(O)CCOC2)nc(-n2cncn2)n1. The Balaban J connectivity index is 1.79. The summed E-state index contributed by atoms with van der Waals surface area (Å²) in [6.45, 7) is 1.16. The number of hydrogen-bond acceptors (Lipinski definition) is 9. The van der Waals surface area contributed by atoms with Crippen LogP contribution in [0.1, 0.15) is 6.42 Å². The first kappa shape index (κ1) is 13.6. The van der Waals surface area contributed by atoms with Gasteiger partial charge in [-0.2, -0.15) is 24.7 Å². The summed E-state index contributed by atoms with van der Waals surface area (Å²) in [7, 11) is 1.71. The van der Waals surface area contributed by atoms with E-state index in [1.165, 1.54) is 17.3 Å². The molecule has 0 spiro atoms. The highest BCUT2D eigenvalue weighted by molar-refractivity contribution is 5.37. The van der Waals surface area contributed by atoms with Gasteiger partial charge in [0.15, 0.2) is 0 Å². The number of nitrogens with one attached hydrogen (secondary N) is 2. The Kier molecular flexibility index (Phi) is 3.62. The zero-order valence-corrected chi connectivity index (χ0v) is 11.5. The van der Waals surface area contributed by atoms with Crippen LogP contribution in [0.2, 0.25) is 0 Å². The van der Waals surface area contributed by atoms with Gasteiger partial charge in [0, 0.05) is 26.6 Å². The molecule has 112 valence electrons. The highest BCUT2D eigenvalue weighted by Crippen LogP contribution is 2.18. The van der Waals surface area contributed by atoms with E-state index in [9.17, 15) is 5.11 Å². The van der Waals surface area contributed by atoms with Crippen LogP contribution in [0.15, 0.2) is 12.7 Å². The van der Waals surface area contributed by atoms with Crippen LogP contribution in [0.3, 0.4) is 0 Å². The standard InChI is InChI=1S/C11H16N8O2/c1-12-8-16-9(14-4-11(20)2-3-21-5-11)18-10(17-8)19-7-13-6-15-19/h6-7,20H,2-5H2,1H3,(H2,12,14,16,17,18). The molecule has 1 atom stereocenters. The molecular weight excluding hydrogens is 276 g/mol. The lowest BCUT2D eigenvalue weighted by Crippen LogP contribution is -2.37. The van der Waals surface area contributed by atoms with E-state index in [4.69, 9.17) is 4.74 Å². The minimum atomic E-state index is -0.889. The summed E-state index contributed by atoms with van der Waals surface area (Å²) >= 11 is 0. The Morgan fingerprint density at radius 3 is 2.90 bits per heavy atom. The molecule has 1 unspecified atom stereocenters. The van der Waals surface area contributed by atoms with E-state index >= 15 is 0 Å². The van der Waals surface area contributed by atoms with Crippen molar-refractivity contribution >= 4 is 11.9 Å². The Labute approximate surface area is 120 Å². The maximum atomic E-state index is 10.2. The summed E-state index contributed by atoms with van der Waals surface area (Å²) in [5, 5.41) is 20.1. The van der Waals surface area contributed by atoms with Gasteiger partial charge in [-0.05, 0) is 0 Å². The molecule has 21 heavy (non-hydrogen) atoms. The van der Waals surface area contributed by atoms with Crippen LogP contribution < -0.4 is 10.6 Å². The minimum absolute atomic E-state index is 0.303. The number of aliphatic hydroxyl groups is 1. The fraction of sp³-hybridized carbons (Fsp3) is 0.545. The van der Waals surface area contributed by atoms with E-state index in [1.54, 1.807) is 7.05 Å². The van der Waals surface area contributed by atoms with Gasteiger partial charge in [0.05, 0.1) is 6.61 Å². The number of anilines is 2. The molecule has 0 bridgehead atoms. The second-order valence-corrected chi connectivity index (χ2v) is 4.75. The molecule has 3 N–H and O–H groups in total. The molecule has 3 heterocycles. The Hall–Kier alpha value is -2.33. The van der Waals surface area contributed by atoms with E-state index in [0.29, 0.717) is 44.0 Å². The third-order valence-electron chi connectivity index (χ3n) is 3.13. The van der Waals surface area contributed by atoms with Gasteiger partial charge in [-0.1, -0.05) is 0 Å². The average Bonchev–Trinajstić information content (AvgIpc) is 3.17. The molecule has 10 nitrogen and oxygen atoms in total. The molecular formula is C11H16N8O2. The largest absolute Gasteiger partial charge is 0.386 e. The van der Waals surface area contributed by atoms with Gasteiger partial charge in [-0.25, -0.2) is 4.98 Å². The lowest BCUT2D eigenvalue weighted by Gasteiger charge is -2.20. The lowest BCUT2D eigenvalue weighted by atomic mass is 10.0. The monoisotopic (exact) mass is 292 g/mol. The Morgan fingerprint density at radius 2 is 2.24 bits per heavy atom. The molecule has 0 aliphatic carbocycles. The van der Waals surface area contributed by atoms with Crippen LogP contribution in [-0.4, -0.2) is 67.2 Å². The molecule has 3 rings (SSSR count). The van der Waals surface area contributed by atoms with Crippen molar-refractivity contribution in [1.29, 1.82) is 0 Å². The third kappa shape index (κ3) is 3.06. The lowest BCUT2D eigenvalue weighted by molar-refractivity contribution is 0.0380. The number of rotatable bonds is 5. The van der Waals surface area contributed by atoms with Crippen LogP contribution in [0, 0.1) is 0 Å². The number of aromatic nitrogens is 6. The minimum Gasteiger partial charge on any atom is -0.386 e. The third-order valence-corrected chi connectivity index (χ3v) is 3.13. The molecule has 0 saturated carbocycles. The van der Waals surface area contributed by atoms with Crippen LogP contribution in [0.25, 0.3) is 5.95 Å². The van der Waals surface area contributed by atoms with Gasteiger partial charge in [-0.15, -0.1) is 0 Å². The van der Waals surface area contributed by atoms with Crippen LogP contribution >= 0.6 is 0 Å². The quantitative estimate of drug-likeness (QED) is 0.640. The molecule has 2 aromatic heterocycles. The molecule has 1 aliphatic rings. The topological polar surface area (TPSA) is 123 Å². The first-order valence-corrected chi connectivity index (χ1v) is 6.51. The molecule has 0 aromatic carbocycles. The second kappa shape index (κ2) is 5.58. The maximum absolute atomic E-state index is 10.2. The molecule has 1 saturated heterocycles. The van der Waals surface area contributed by atoms with E-state index < -0.39 is 5.60 Å². The fourth-order valence-electron chi connectivity index (χ4n) is 1.95. The number of nitrogens with zero attached hydrogens (tertiary/aromatic N) is 6. The van der Waals surface area contributed by atoms with Gasteiger partial charge in [0.2, 0.25) is 11.9 Å². The van der Waals surface area contributed by atoms with E-state index in [-0.39, 0.29) is 0 Å². The number of hydrogen-bond donors (Lipinski definition) is 3. The summed E-state index contributed by atoms with van der Waals surface area (Å²) in [4.78, 5) is 16.5. The fourth-order valence-corrected chi connectivity index (χ4v) is 1.95. The summed E-state index contributed by atoms with van der Waals surface area (Å²) in [6, 6.07) is 0. The van der Waals surface area contributed by atoms with Gasteiger partial charge in [-0.3, -0.25) is 0 Å². The van der Waals surface area contributed by atoms with Crippen molar-refractivity contribution in [2.75, 3.05) is 37.4 Å². The van der Waals surface area contributed by atoms with E-state index in [0.717, 1.165) is 0 Å². The summed E-state index contributed by atoms with van der Waals surface area (Å²) < 4.78 is 6.63. The average molecular weight is 292 g/mol. The Morgan fingerprint density at radius 1 is 1.38 bits per heavy atom. The van der Waals surface area contributed by atoms with Crippen LogP contribution in [0.4, 0.5) is 11.9 Å². The van der Waals surface area contributed by atoms with Crippen molar-refractivity contribution in [3.8, 4) is 5.95 Å². The first-order chi connectivity index (χ1) is 10.2. The predicted molar refractivity (Wildman–Crippen MR) is 73.2 cm³/mol. The highest BCUT2D eigenvalue weighted by Gasteiger charge is 2.32. The van der Waals surface area contributed by atoms with E-state index in [2.05, 4.69) is 35.7 Å². The van der Waals surface area contributed by atoms with Crippen molar-refractivity contribution in [3.05, 3.63) is 12.7 Å². The van der Waals surface area contributed by atoms with Crippen molar-refractivity contribution in [2.45, 2.75) is 12.0 Å². The second-order valence-electron chi connectivity index (χ2n) is 4.75. The van der Waals surface area contributed by atoms with Gasteiger partial charge in [0.25, 0.3) is 5.95 Å². The summed E-state index contributed by atoms with van der Waals surface area (Å²) in [5.74, 6) is 1.08. The zero-order valence-electron chi connectivity index (χ0n) is 11.5. The van der Waals surface area contributed by atoms with Crippen molar-refractivity contribution in [2.24, 2.45) is 0 Å². The Bertz CT molecular complexity index is 596. The zero-order chi connectivity index (χ0) is 14.7. The smallest absolute Gasteiger partial charge is 0.258 e. The summed E-state index contributed by atoms with van der Waals surface area (Å²) in [6.07, 6.45) is 3.48. The maximum Gasteiger partial charge on any atom is 0.258 e. The van der Waals surface area contributed by atoms with Gasteiger partial charge < -0.3 is 20.5 Å². The first-order valence-electron chi connectivity index (χ1n) is 6.51. The van der Waals surface area contributed by atoms with Gasteiger partial charge >= 0.3 is 0 Å². The molecule has 2 aromatic rings. The van der Waals surface area contributed by atoms with Crippen molar-refractivity contribution < 1.29 is 9.84 Å². The van der Waals surface area contributed by atoms with Crippen LogP contribution in [0.5, 0.6) is 0 Å². The van der Waals surface area contributed by atoms with E-state index in [1.807, 2.05) is 0 Å². The van der Waals surface area contributed by atoms with Gasteiger partial charge in [0.1, 0.15) is 18.3 Å². The molecule has 0 amide bonds. The number of ether oxygens (including phenoxy) is 1. The normalized spacial score (nSPS) is 21.4. The molecule has 1 aliphatic heterocycles. The molecule has 0 radical (unpaired) electrons.